The zero-order valence-corrected chi connectivity index (χ0v) is 14.4. The number of hydrogen-bond donors (Lipinski definition) is 2. The summed E-state index contributed by atoms with van der Waals surface area (Å²) in [6.07, 6.45) is 3.30. The van der Waals surface area contributed by atoms with Crippen LogP contribution in [0.25, 0.3) is 0 Å². The first-order chi connectivity index (χ1) is 11.5. The van der Waals surface area contributed by atoms with E-state index in [1.54, 1.807) is 24.0 Å². The SMILES string of the molecule is CCCC(=O)NCC1CCCN(C(=O)Nc2ccc(F)c(C)c2)C1. The number of aryl methyl sites for hydroxylation is 1. The Hall–Kier alpha value is -2.11. The van der Waals surface area contributed by atoms with Crippen LogP contribution in [0.3, 0.4) is 0 Å². The molecule has 1 saturated heterocycles. The molecule has 0 spiro atoms. The molecule has 6 heteroatoms. The summed E-state index contributed by atoms with van der Waals surface area (Å²) < 4.78 is 13.3. The number of likely N-dealkylation sites (tertiary alicyclic amines) is 1. The zero-order valence-electron chi connectivity index (χ0n) is 14.4. The molecule has 0 aliphatic carbocycles. The van der Waals surface area contributed by atoms with Crippen molar-refractivity contribution in [3.05, 3.63) is 29.6 Å². The summed E-state index contributed by atoms with van der Waals surface area (Å²) in [6.45, 7) is 5.58. The first-order valence-electron chi connectivity index (χ1n) is 8.58. The first kappa shape index (κ1) is 18.2. The van der Waals surface area contributed by atoms with E-state index in [0.29, 0.717) is 37.3 Å². The molecular formula is C18H26FN3O2. The summed E-state index contributed by atoms with van der Waals surface area (Å²) in [5.74, 6) is 0.0648. The Labute approximate surface area is 142 Å². The fourth-order valence-corrected chi connectivity index (χ4v) is 2.91. The first-order valence-corrected chi connectivity index (χ1v) is 8.58. The van der Waals surface area contributed by atoms with Crippen LogP contribution < -0.4 is 10.6 Å². The fourth-order valence-electron chi connectivity index (χ4n) is 2.91. The van der Waals surface area contributed by atoms with E-state index in [-0.39, 0.29) is 23.7 Å². The number of anilines is 1. The smallest absolute Gasteiger partial charge is 0.321 e. The summed E-state index contributed by atoms with van der Waals surface area (Å²) in [6, 6.07) is 4.37. The van der Waals surface area contributed by atoms with Crippen molar-refractivity contribution in [2.75, 3.05) is 25.0 Å². The highest BCUT2D eigenvalue weighted by molar-refractivity contribution is 5.89. The van der Waals surface area contributed by atoms with Gasteiger partial charge in [0.25, 0.3) is 0 Å². The molecule has 0 aromatic heterocycles. The van der Waals surface area contributed by atoms with Crippen molar-refractivity contribution >= 4 is 17.6 Å². The molecule has 0 saturated carbocycles. The number of halogens is 1. The van der Waals surface area contributed by atoms with Crippen molar-refractivity contribution in [3.8, 4) is 0 Å². The highest BCUT2D eigenvalue weighted by atomic mass is 19.1. The highest BCUT2D eigenvalue weighted by Crippen LogP contribution is 2.18. The van der Waals surface area contributed by atoms with Gasteiger partial charge in [0.1, 0.15) is 5.82 Å². The lowest BCUT2D eigenvalue weighted by Crippen LogP contribution is -2.45. The van der Waals surface area contributed by atoms with Gasteiger partial charge in [-0.2, -0.15) is 0 Å². The molecule has 0 bridgehead atoms. The number of nitrogens with zero attached hydrogens (tertiary/aromatic N) is 1. The molecule has 1 aromatic rings. The van der Waals surface area contributed by atoms with Gasteiger partial charge < -0.3 is 15.5 Å². The van der Waals surface area contributed by atoms with Crippen molar-refractivity contribution in [1.82, 2.24) is 10.2 Å². The number of piperidine rings is 1. The number of rotatable bonds is 5. The number of amides is 3. The summed E-state index contributed by atoms with van der Waals surface area (Å²) in [5.41, 5.74) is 1.10. The van der Waals surface area contributed by atoms with E-state index in [4.69, 9.17) is 0 Å². The Morgan fingerprint density at radius 2 is 2.17 bits per heavy atom. The van der Waals surface area contributed by atoms with Crippen LogP contribution in [0, 0.1) is 18.7 Å². The number of benzene rings is 1. The van der Waals surface area contributed by atoms with Crippen LogP contribution in [-0.2, 0) is 4.79 Å². The molecule has 1 aliphatic heterocycles. The van der Waals surface area contributed by atoms with Crippen LogP contribution in [-0.4, -0.2) is 36.5 Å². The lowest BCUT2D eigenvalue weighted by atomic mass is 9.98. The van der Waals surface area contributed by atoms with E-state index in [1.807, 2.05) is 6.92 Å². The van der Waals surface area contributed by atoms with Gasteiger partial charge in [-0.15, -0.1) is 0 Å². The largest absolute Gasteiger partial charge is 0.356 e. The lowest BCUT2D eigenvalue weighted by molar-refractivity contribution is -0.121. The Morgan fingerprint density at radius 1 is 1.38 bits per heavy atom. The second-order valence-electron chi connectivity index (χ2n) is 6.40. The molecule has 132 valence electrons. The molecule has 1 atom stereocenters. The standard InChI is InChI=1S/C18H26FN3O2/c1-3-5-17(23)20-11-14-6-4-9-22(12-14)18(24)21-15-7-8-16(19)13(2)10-15/h7-8,10,14H,3-6,9,11-12H2,1-2H3,(H,20,23)(H,21,24). The van der Waals surface area contributed by atoms with E-state index >= 15 is 0 Å². The second-order valence-corrected chi connectivity index (χ2v) is 6.40. The van der Waals surface area contributed by atoms with Gasteiger partial charge in [-0.1, -0.05) is 6.92 Å². The number of carbonyl (C=O) groups is 2. The number of carbonyl (C=O) groups excluding carboxylic acids is 2. The van der Waals surface area contributed by atoms with E-state index in [2.05, 4.69) is 10.6 Å². The number of nitrogens with one attached hydrogen (secondary N) is 2. The minimum atomic E-state index is -0.283. The molecule has 1 aromatic carbocycles. The summed E-state index contributed by atoms with van der Waals surface area (Å²) in [7, 11) is 0. The third-order valence-electron chi connectivity index (χ3n) is 4.28. The maximum absolute atomic E-state index is 13.3. The van der Waals surface area contributed by atoms with Gasteiger partial charge in [0.2, 0.25) is 5.91 Å². The van der Waals surface area contributed by atoms with Crippen LogP contribution in [0.4, 0.5) is 14.9 Å². The third-order valence-corrected chi connectivity index (χ3v) is 4.28. The molecule has 1 fully saturated rings. The maximum atomic E-state index is 13.3. The molecule has 2 N–H and O–H groups in total. The minimum Gasteiger partial charge on any atom is -0.356 e. The second kappa shape index (κ2) is 8.66. The topological polar surface area (TPSA) is 61.4 Å². The molecule has 24 heavy (non-hydrogen) atoms. The maximum Gasteiger partial charge on any atom is 0.321 e. The van der Waals surface area contributed by atoms with Gasteiger partial charge >= 0.3 is 6.03 Å². The predicted molar refractivity (Wildman–Crippen MR) is 92.4 cm³/mol. The highest BCUT2D eigenvalue weighted by Gasteiger charge is 2.24. The number of hydrogen-bond acceptors (Lipinski definition) is 2. The van der Waals surface area contributed by atoms with Crippen LogP contribution in [0.1, 0.15) is 38.2 Å². The molecule has 1 heterocycles. The zero-order chi connectivity index (χ0) is 17.5. The molecule has 5 nitrogen and oxygen atoms in total. The molecule has 1 unspecified atom stereocenters. The van der Waals surface area contributed by atoms with Crippen molar-refractivity contribution in [2.45, 2.75) is 39.5 Å². The van der Waals surface area contributed by atoms with Crippen molar-refractivity contribution in [1.29, 1.82) is 0 Å². The summed E-state index contributed by atoms with van der Waals surface area (Å²) in [5, 5.41) is 5.76. The third kappa shape index (κ3) is 5.22. The van der Waals surface area contributed by atoms with Gasteiger partial charge in [0.15, 0.2) is 0 Å². The van der Waals surface area contributed by atoms with Crippen LogP contribution in [0.15, 0.2) is 18.2 Å². The van der Waals surface area contributed by atoms with E-state index in [9.17, 15) is 14.0 Å². The Morgan fingerprint density at radius 3 is 2.88 bits per heavy atom. The average Bonchev–Trinajstić information content (AvgIpc) is 2.57. The van der Waals surface area contributed by atoms with Crippen molar-refractivity contribution in [3.63, 3.8) is 0 Å². The quantitative estimate of drug-likeness (QED) is 0.867. The fraction of sp³-hybridized carbons (Fsp3) is 0.556. The van der Waals surface area contributed by atoms with E-state index < -0.39 is 0 Å². The summed E-state index contributed by atoms with van der Waals surface area (Å²) >= 11 is 0. The van der Waals surface area contributed by atoms with Crippen molar-refractivity contribution in [2.24, 2.45) is 5.92 Å². The summed E-state index contributed by atoms with van der Waals surface area (Å²) in [4.78, 5) is 25.7. The van der Waals surface area contributed by atoms with Gasteiger partial charge in [0, 0.05) is 31.7 Å². The molecule has 3 amide bonds. The van der Waals surface area contributed by atoms with E-state index in [1.165, 1.54) is 6.07 Å². The Balaban J connectivity index is 1.85. The average molecular weight is 335 g/mol. The van der Waals surface area contributed by atoms with Gasteiger partial charge in [0.05, 0.1) is 0 Å². The van der Waals surface area contributed by atoms with Gasteiger partial charge in [-0.05, 0) is 55.9 Å². The molecular weight excluding hydrogens is 309 g/mol. The molecule has 1 aliphatic rings. The van der Waals surface area contributed by atoms with E-state index in [0.717, 1.165) is 19.3 Å². The monoisotopic (exact) mass is 335 g/mol. The van der Waals surface area contributed by atoms with Crippen LogP contribution in [0.5, 0.6) is 0 Å². The lowest BCUT2D eigenvalue weighted by Gasteiger charge is -2.33. The molecule has 0 radical (unpaired) electrons. The number of urea groups is 1. The van der Waals surface area contributed by atoms with Crippen molar-refractivity contribution < 1.29 is 14.0 Å². The Bertz CT molecular complexity index is 592. The normalized spacial score (nSPS) is 17.5. The molecule has 2 rings (SSSR count). The van der Waals surface area contributed by atoms with Gasteiger partial charge in [-0.3, -0.25) is 4.79 Å². The Kier molecular flexibility index (Phi) is 6.58. The van der Waals surface area contributed by atoms with Crippen LogP contribution >= 0.6 is 0 Å². The predicted octanol–water partition coefficient (Wildman–Crippen LogP) is 3.29. The van der Waals surface area contributed by atoms with Crippen LogP contribution in [0.2, 0.25) is 0 Å². The van der Waals surface area contributed by atoms with Gasteiger partial charge in [-0.25, -0.2) is 9.18 Å². The minimum absolute atomic E-state index is 0.0702.